The standard InChI is InChI=1S/C20H26FN5O/c1-13(15-6-8-16(21)9-7-15)18-19(24-14(2)26-10-4-5-11-26)25-17(12-23-18)20(27)22-3/h6-9,12-14H,4-5,10-11H2,1-3H3,(H,22,27)(H,24,25). The third kappa shape index (κ3) is 4.42. The summed E-state index contributed by atoms with van der Waals surface area (Å²) in [6.45, 7) is 6.17. The van der Waals surface area contributed by atoms with E-state index in [2.05, 4.69) is 32.4 Å². The Kier molecular flexibility index (Phi) is 6.01. The van der Waals surface area contributed by atoms with Crippen molar-refractivity contribution in [2.75, 3.05) is 25.5 Å². The average molecular weight is 371 g/mol. The van der Waals surface area contributed by atoms with Crippen LogP contribution in [0.1, 0.15) is 54.4 Å². The van der Waals surface area contributed by atoms with Crippen LogP contribution < -0.4 is 10.6 Å². The number of amides is 1. The molecule has 1 aliphatic rings. The number of likely N-dealkylation sites (tertiary alicyclic amines) is 1. The van der Waals surface area contributed by atoms with Gasteiger partial charge in [-0.25, -0.2) is 9.37 Å². The Bertz CT molecular complexity index is 789. The van der Waals surface area contributed by atoms with Gasteiger partial charge in [-0.1, -0.05) is 19.1 Å². The first-order valence-electron chi connectivity index (χ1n) is 9.34. The SMILES string of the molecule is CNC(=O)c1cnc(C(C)c2ccc(F)cc2)c(NC(C)N2CCCC2)n1. The number of rotatable bonds is 6. The van der Waals surface area contributed by atoms with Crippen LogP contribution >= 0.6 is 0 Å². The Morgan fingerprint density at radius 1 is 1.19 bits per heavy atom. The minimum Gasteiger partial charge on any atom is -0.354 e. The number of aromatic nitrogens is 2. The molecule has 1 aromatic carbocycles. The summed E-state index contributed by atoms with van der Waals surface area (Å²) < 4.78 is 13.3. The molecule has 0 saturated carbocycles. The lowest BCUT2D eigenvalue weighted by Crippen LogP contribution is -2.37. The second kappa shape index (κ2) is 8.43. The van der Waals surface area contributed by atoms with Gasteiger partial charge in [0.05, 0.1) is 18.1 Å². The van der Waals surface area contributed by atoms with E-state index in [0.29, 0.717) is 5.82 Å². The first-order chi connectivity index (χ1) is 13.0. The van der Waals surface area contributed by atoms with Gasteiger partial charge in [0, 0.05) is 26.1 Å². The minimum atomic E-state index is -0.277. The van der Waals surface area contributed by atoms with E-state index in [1.807, 2.05) is 6.92 Å². The number of nitrogens with zero attached hydrogens (tertiary/aromatic N) is 3. The van der Waals surface area contributed by atoms with E-state index in [-0.39, 0.29) is 29.5 Å². The zero-order chi connectivity index (χ0) is 19.4. The maximum absolute atomic E-state index is 13.3. The van der Waals surface area contributed by atoms with Gasteiger partial charge in [-0.05, 0) is 37.5 Å². The molecule has 0 radical (unpaired) electrons. The molecular weight excluding hydrogens is 345 g/mol. The summed E-state index contributed by atoms with van der Waals surface area (Å²) in [5.74, 6) is -0.0502. The van der Waals surface area contributed by atoms with Crippen LogP contribution in [0.15, 0.2) is 30.5 Å². The number of nitrogens with one attached hydrogen (secondary N) is 2. The summed E-state index contributed by atoms with van der Waals surface area (Å²) in [7, 11) is 1.57. The van der Waals surface area contributed by atoms with Crippen LogP contribution in [0.4, 0.5) is 10.2 Å². The lowest BCUT2D eigenvalue weighted by atomic mass is 9.97. The molecule has 144 valence electrons. The van der Waals surface area contributed by atoms with Gasteiger partial charge in [-0.2, -0.15) is 0 Å². The number of hydrogen-bond donors (Lipinski definition) is 2. The maximum Gasteiger partial charge on any atom is 0.271 e. The van der Waals surface area contributed by atoms with E-state index in [4.69, 9.17) is 0 Å². The molecule has 2 aromatic rings. The van der Waals surface area contributed by atoms with E-state index in [1.165, 1.54) is 31.2 Å². The van der Waals surface area contributed by atoms with Crippen molar-refractivity contribution in [2.45, 2.75) is 38.8 Å². The molecule has 1 aliphatic heterocycles. The number of anilines is 1. The van der Waals surface area contributed by atoms with Crippen molar-refractivity contribution in [2.24, 2.45) is 0 Å². The average Bonchev–Trinajstić information content (AvgIpc) is 3.22. The Hall–Kier alpha value is -2.54. The summed E-state index contributed by atoms with van der Waals surface area (Å²) in [4.78, 5) is 23.4. The zero-order valence-corrected chi connectivity index (χ0v) is 16.0. The van der Waals surface area contributed by atoms with Crippen LogP contribution in [-0.2, 0) is 0 Å². The topological polar surface area (TPSA) is 70.2 Å². The predicted octanol–water partition coefficient (Wildman–Crippen LogP) is 2.98. The zero-order valence-electron chi connectivity index (χ0n) is 16.0. The number of carbonyl (C=O) groups excluding carboxylic acids is 1. The third-order valence-electron chi connectivity index (χ3n) is 5.07. The molecule has 2 atom stereocenters. The molecule has 1 saturated heterocycles. The van der Waals surface area contributed by atoms with Crippen molar-refractivity contribution in [1.82, 2.24) is 20.2 Å². The molecule has 0 spiro atoms. The first kappa shape index (κ1) is 19.2. The predicted molar refractivity (Wildman–Crippen MR) is 103 cm³/mol. The van der Waals surface area contributed by atoms with Gasteiger partial charge in [-0.3, -0.25) is 14.7 Å². The molecule has 27 heavy (non-hydrogen) atoms. The van der Waals surface area contributed by atoms with E-state index in [1.54, 1.807) is 19.2 Å². The van der Waals surface area contributed by atoms with Gasteiger partial charge in [0.2, 0.25) is 0 Å². The number of benzene rings is 1. The number of carbonyl (C=O) groups is 1. The Labute approximate surface area is 159 Å². The first-order valence-corrected chi connectivity index (χ1v) is 9.34. The van der Waals surface area contributed by atoms with Crippen molar-refractivity contribution < 1.29 is 9.18 Å². The van der Waals surface area contributed by atoms with Crippen molar-refractivity contribution >= 4 is 11.7 Å². The summed E-state index contributed by atoms with van der Waals surface area (Å²) in [5, 5.41) is 6.01. The Balaban J connectivity index is 1.93. The molecule has 7 heteroatoms. The fraction of sp³-hybridized carbons (Fsp3) is 0.450. The van der Waals surface area contributed by atoms with Crippen LogP contribution in [0.5, 0.6) is 0 Å². The van der Waals surface area contributed by atoms with Gasteiger partial charge in [0.15, 0.2) is 5.82 Å². The molecular formula is C20H26FN5O. The normalized spacial score (nSPS) is 16.7. The molecule has 2 heterocycles. The molecule has 0 bridgehead atoms. The lowest BCUT2D eigenvalue weighted by Gasteiger charge is -2.27. The van der Waals surface area contributed by atoms with Crippen molar-refractivity contribution in [3.05, 3.63) is 53.2 Å². The molecule has 3 rings (SSSR count). The van der Waals surface area contributed by atoms with E-state index >= 15 is 0 Å². The van der Waals surface area contributed by atoms with E-state index in [9.17, 15) is 9.18 Å². The van der Waals surface area contributed by atoms with Crippen LogP contribution in [-0.4, -0.2) is 47.1 Å². The van der Waals surface area contributed by atoms with Crippen molar-refractivity contribution in [1.29, 1.82) is 0 Å². The van der Waals surface area contributed by atoms with Crippen molar-refractivity contribution in [3.8, 4) is 0 Å². The Morgan fingerprint density at radius 3 is 2.48 bits per heavy atom. The highest BCUT2D eigenvalue weighted by Gasteiger charge is 2.23. The fourth-order valence-electron chi connectivity index (χ4n) is 3.39. The van der Waals surface area contributed by atoms with Crippen LogP contribution in [0, 0.1) is 5.82 Å². The van der Waals surface area contributed by atoms with Gasteiger partial charge < -0.3 is 10.6 Å². The number of hydrogen-bond acceptors (Lipinski definition) is 5. The van der Waals surface area contributed by atoms with Gasteiger partial charge in [0.1, 0.15) is 11.5 Å². The quantitative estimate of drug-likeness (QED) is 0.817. The molecule has 1 amide bonds. The Morgan fingerprint density at radius 2 is 1.85 bits per heavy atom. The van der Waals surface area contributed by atoms with E-state index in [0.717, 1.165) is 24.3 Å². The van der Waals surface area contributed by atoms with Crippen LogP contribution in [0.25, 0.3) is 0 Å². The summed E-state index contributed by atoms with van der Waals surface area (Å²) >= 11 is 0. The van der Waals surface area contributed by atoms with Gasteiger partial charge in [-0.15, -0.1) is 0 Å². The summed E-state index contributed by atoms with van der Waals surface area (Å²) in [6.07, 6.45) is 3.95. The minimum absolute atomic E-state index is 0.0842. The fourth-order valence-corrected chi connectivity index (χ4v) is 3.39. The van der Waals surface area contributed by atoms with Crippen LogP contribution in [0.3, 0.4) is 0 Å². The monoisotopic (exact) mass is 371 g/mol. The summed E-state index contributed by atoms with van der Waals surface area (Å²) in [5.41, 5.74) is 1.94. The number of halogens is 1. The molecule has 1 fully saturated rings. The highest BCUT2D eigenvalue weighted by molar-refractivity contribution is 5.92. The third-order valence-corrected chi connectivity index (χ3v) is 5.07. The van der Waals surface area contributed by atoms with E-state index < -0.39 is 0 Å². The molecule has 1 aromatic heterocycles. The highest BCUT2D eigenvalue weighted by atomic mass is 19.1. The smallest absolute Gasteiger partial charge is 0.271 e. The van der Waals surface area contributed by atoms with Gasteiger partial charge in [0.25, 0.3) is 5.91 Å². The molecule has 6 nitrogen and oxygen atoms in total. The molecule has 0 aliphatic carbocycles. The largest absolute Gasteiger partial charge is 0.354 e. The highest BCUT2D eigenvalue weighted by Crippen LogP contribution is 2.28. The molecule has 2 N–H and O–H groups in total. The lowest BCUT2D eigenvalue weighted by molar-refractivity contribution is 0.0957. The van der Waals surface area contributed by atoms with Crippen molar-refractivity contribution in [3.63, 3.8) is 0 Å². The van der Waals surface area contributed by atoms with Crippen LogP contribution in [0.2, 0.25) is 0 Å². The molecule has 2 unspecified atom stereocenters. The summed E-state index contributed by atoms with van der Waals surface area (Å²) in [6, 6.07) is 6.39. The maximum atomic E-state index is 13.3. The second-order valence-electron chi connectivity index (χ2n) is 6.90. The van der Waals surface area contributed by atoms with Gasteiger partial charge >= 0.3 is 0 Å². The second-order valence-corrected chi connectivity index (χ2v) is 6.90.